The smallest absolute Gasteiger partial charge is 0.327 e. The lowest BCUT2D eigenvalue weighted by Crippen LogP contribution is -2.41. The van der Waals surface area contributed by atoms with Gasteiger partial charge in [0.1, 0.15) is 6.54 Å². The molecule has 0 atom stereocenters. The number of non-ortho nitro benzene ring substituents is 1. The molecule has 19 heavy (non-hydrogen) atoms. The van der Waals surface area contributed by atoms with Gasteiger partial charge in [-0.05, 0) is 13.0 Å². The van der Waals surface area contributed by atoms with E-state index in [2.05, 4.69) is 4.74 Å². The third-order valence-corrected chi connectivity index (χ3v) is 2.17. The molecule has 1 rings (SSSR count). The number of carbonyl (C=O) groups excluding carboxylic acids is 2. The Labute approximate surface area is 108 Å². The van der Waals surface area contributed by atoms with Gasteiger partial charge in [0.15, 0.2) is 0 Å². The molecule has 1 aromatic carbocycles. The molecule has 0 aliphatic heterocycles. The predicted molar refractivity (Wildman–Crippen MR) is 65.0 cm³/mol. The van der Waals surface area contributed by atoms with Crippen molar-refractivity contribution in [1.82, 2.24) is 5.01 Å². The highest BCUT2D eigenvalue weighted by Gasteiger charge is 2.18. The fraction of sp³-hybridized carbons (Fsp3) is 0.273. The third-order valence-electron chi connectivity index (χ3n) is 2.17. The molecule has 0 bridgehead atoms. The molecule has 8 heteroatoms. The molecule has 0 aliphatic rings. The maximum Gasteiger partial charge on any atom is 0.327 e. The number of amides is 1. The molecular formula is C11H13N3O5. The van der Waals surface area contributed by atoms with E-state index in [4.69, 9.17) is 5.84 Å². The van der Waals surface area contributed by atoms with Crippen LogP contribution in [-0.2, 0) is 9.53 Å². The normalized spacial score (nSPS) is 9.79. The number of hydrazine groups is 1. The van der Waals surface area contributed by atoms with Crippen molar-refractivity contribution in [2.24, 2.45) is 5.84 Å². The highest BCUT2D eigenvalue weighted by Crippen LogP contribution is 2.13. The minimum Gasteiger partial charge on any atom is -0.465 e. The number of hydrogen-bond acceptors (Lipinski definition) is 6. The van der Waals surface area contributed by atoms with Gasteiger partial charge in [-0.2, -0.15) is 0 Å². The minimum atomic E-state index is -0.697. The van der Waals surface area contributed by atoms with Crippen LogP contribution in [0.4, 0.5) is 5.69 Å². The highest BCUT2D eigenvalue weighted by atomic mass is 16.6. The van der Waals surface area contributed by atoms with Crippen LogP contribution in [0.5, 0.6) is 0 Å². The van der Waals surface area contributed by atoms with Crippen LogP contribution >= 0.6 is 0 Å². The van der Waals surface area contributed by atoms with Crippen molar-refractivity contribution in [3.05, 3.63) is 39.9 Å². The molecule has 0 saturated heterocycles. The monoisotopic (exact) mass is 267 g/mol. The summed E-state index contributed by atoms with van der Waals surface area (Å²) < 4.78 is 4.64. The zero-order valence-corrected chi connectivity index (χ0v) is 10.2. The molecule has 0 saturated carbocycles. The minimum absolute atomic E-state index is 0.0287. The van der Waals surface area contributed by atoms with Gasteiger partial charge in [0.25, 0.3) is 11.6 Å². The van der Waals surface area contributed by atoms with Crippen molar-refractivity contribution in [3.8, 4) is 0 Å². The maximum atomic E-state index is 11.8. The van der Waals surface area contributed by atoms with Crippen LogP contribution < -0.4 is 5.84 Å². The third kappa shape index (κ3) is 4.03. The average molecular weight is 267 g/mol. The lowest BCUT2D eigenvalue weighted by Gasteiger charge is -2.15. The van der Waals surface area contributed by atoms with Crippen LogP contribution in [0.1, 0.15) is 17.3 Å². The topological polar surface area (TPSA) is 116 Å². The summed E-state index contributed by atoms with van der Waals surface area (Å²) in [5.74, 6) is 4.07. The molecule has 0 heterocycles. The Bertz CT molecular complexity index is 503. The van der Waals surface area contributed by atoms with Gasteiger partial charge < -0.3 is 4.74 Å². The zero-order valence-electron chi connectivity index (χ0n) is 10.2. The molecule has 1 aromatic rings. The fourth-order valence-corrected chi connectivity index (χ4v) is 1.34. The number of benzene rings is 1. The summed E-state index contributed by atoms with van der Waals surface area (Å²) in [6, 6.07) is 5.08. The highest BCUT2D eigenvalue weighted by molar-refractivity contribution is 5.96. The van der Waals surface area contributed by atoms with E-state index in [-0.39, 0.29) is 17.9 Å². The number of ether oxygens (including phenoxy) is 1. The second kappa shape index (κ2) is 6.45. The summed E-state index contributed by atoms with van der Waals surface area (Å²) in [7, 11) is 0. The van der Waals surface area contributed by atoms with Crippen LogP contribution in [0.15, 0.2) is 24.3 Å². The van der Waals surface area contributed by atoms with E-state index < -0.39 is 23.3 Å². The van der Waals surface area contributed by atoms with Gasteiger partial charge in [-0.25, -0.2) is 5.84 Å². The second-order valence-corrected chi connectivity index (χ2v) is 3.55. The van der Waals surface area contributed by atoms with Crippen molar-refractivity contribution in [1.29, 1.82) is 0 Å². The first kappa shape index (κ1) is 14.6. The average Bonchev–Trinajstić information content (AvgIpc) is 2.38. The molecule has 0 unspecified atom stereocenters. The quantitative estimate of drug-likeness (QED) is 0.272. The van der Waals surface area contributed by atoms with Crippen LogP contribution in [0.2, 0.25) is 0 Å². The number of nitro groups is 1. The summed E-state index contributed by atoms with van der Waals surface area (Å²) in [6.45, 7) is 1.38. The summed E-state index contributed by atoms with van der Waals surface area (Å²) in [6.07, 6.45) is 0. The Morgan fingerprint density at radius 1 is 1.47 bits per heavy atom. The number of nitrogens with two attached hydrogens (primary N) is 1. The lowest BCUT2D eigenvalue weighted by atomic mass is 10.2. The lowest BCUT2D eigenvalue weighted by molar-refractivity contribution is -0.384. The number of nitrogens with zero attached hydrogens (tertiary/aromatic N) is 2. The number of carbonyl (C=O) groups is 2. The van der Waals surface area contributed by atoms with E-state index in [1.807, 2.05) is 0 Å². The van der Waals surface area contributed by atoms with Crippen molar-refractivity contribution in [2.75, 3.05) is 13.2 Å². The Morgan fingerprint density at radius 3 is 2.74 bits per heavy atom. The SMILES string of the molecule is CCOC(=O)CN(N)C(=O)c1cccc([N+](=O)[O-])c1. The standard InChI is InChI=1S/C11H13N3O5/c1-2-19-10(15)7-13(12)11(16)8-4-3-5-9(6-8)14(17)18/h3-6H,2,7,12H2,1H3. The molecular weight excluding hydrogens is 254 g/mol. The molecule has 0 aromatic heterocycles. The van der Waals surface area contributed by atoms with E-state index >= 15 is 0 Å². The second-order valence-electron chi connectivity index (χ2n) is 3.55. The summed E-state index contributed by atoms with van der Waals surface area (Å²) in [5.41, 5.74) is -0.198. The van der Waals surface area contributed by atoms with Gasteiger partial charge in [0.05, 0.1) is 11.5 Å². The van der Waals surface area contributed by atoms with Gasteiger partial charge in [-0.1, -0.05) is 6.07 Å². The van der Waals surface area contributed by atoms with Crippen molar-refractivity contribution in [2.45, 2.75) is 6.92 Å². The first-order chi connectivity index (χ1) is 8.95. The van der Waals surface area contributed by atoms with Crippen molar-refractivity contribution in [3.63, 3.8) is 0 Å². The predicted octanol–water partition coefficient (Wildman–Crippen LogP) is 0.474. The van der Waals surface area contributed by atoms with Gasteiger partial charge >= 0.3 is 5.97 Å². The maximum absolute atomic E-state index is 11.8. The Morgan fingerprint density at radius 2 is 2.16 bits per heavy atom. The molecule has 0 radical (unpaired) electrons. The molecule has 8 nitrogen and oxygen atoms in total. The van der Waals surface area contributed by atoms with Gasteiger partial charge in [0.2, 0.25) is 0 Å². The van der Waals surface area contributed by atoms with Crippen LogP contribution in [-0.4, -0.2) is 35.0 Å². The van der Waals surface area contributed by atoms with E-state index in [1.165, 1.54) is 18.2 Å². The molecule has 0 aliphatic carbocycles. The largest absolute Gasteiger partial charge is 0.465 e. The molecule has 2 N–H and O–H groups in total. The van der Waals surface area contributed by atoms with Crippen molar-refractivity contribution >= 4 is 17.6 Å². The number of esters is 1. The Kier molecular flexibility index (Phi) is 4.95. The summed E-state index contributed by atoms with van der Waals surface area (Å²) in [4.78, 5) is 33.0. The van der Waals surface area contributed by atoms with E-state index in [1.54, 1.807) is 6.92 Å². The number of nitro benzene ring substituents is 1. The first-order valence-electron chi connectivity index (χ1n) is 5.42. The molecule has 102 valence electrons. The van der Waals surface area contributed by atoms with Crippen LogP contribution in [0.25, 0.3) is 0 Å². The first-order valence-corrected chi connectivity index (χ1v) is 5.42. The van der Waals surface area contributed by atoms with Crippen molar-refractivity contribution < 1.29 is 19.2 Å². The van der Waals surface area contributed by atoms with E-state index in [0.717, 1.165) is 6.07 Å². The fourth-order valence-electron chi connectivity index (χ4n) is 1.34. The summed E-state index contributed by atoms with van der Waals surface area (Å²) >= 11 is 0. The van der Waals surface area contributed by atoms with E-state index in [9.17, 15) is 19.7 Å². The Balaban J connectivity index is 2.79. The zero-order chi connectivity index (χ0) is 14.4. The van der Waals surface area contributed by atoms with Crippen LogP contribution in [0, 0.1) is 10.1 Å². The van der Waals surface area contributed by atoms with Gasteiger partial charge in [-0.15, -0.1) is 0 Å². The Hall–Kier alpha value is -2.48. The van der Waals surface area contributed by atoms with E-state index in [0.29, 0.717) is 5.01 Å². The molecule has 0 spiro atoms. The van der Waals surface area contributed by atoms with Gasteiger partial charge in [-0.3, -0.25) is 24.7 Å². The number of hydrogen-bond donors (Lipinski definition) is 1. The molecule has 1 amide bonds. The molecule has 0 fully saturated rings. The number of rotatable bonds is 5. The van der Waals surface area contributed by atoms with Crippen LogP contribution in [0.3, 0.4) is 0 Å². The van der Waals surface area contributed by atoms with Gasteiger partial charge in [0, 0.05) is 17.7 Å². The summed E-state index contributed by atoms with van der Waals surface area (Å²) in [5, 5.41) is 11.2.